The molecule has 0 atom stereocenters. The Morgan fingerprint density at radius 3 is 3.08 bits per heavy atom. The van der Waals surface area contributed by atoms with Crippen molar-refractivity contribution in [1.82, 2.24) is 9.55 Å². The normalized spacial score (nSPS) is 10.9. The van der Waals surface area contributed by atoms with Gasteiger partial charge in [-0.15, -0.1) is 0 Å². The molecule has 0 unspecified atom stereocenters. The van der Waals surface area contributed by atoms with Crippen LogP contribution in [0.15, 0.2) is 24.5 Å². The minimum absolute atomic E-state index is 0.0297. The van der Waals surface area contributed by atoms with Crippen LogP contribution in [0.5, 0.6) is 0 Å². The van der Waals surface area contributed by atoms with Gasteiger partial charge in [0.25, 0.3) is 0 Å². The molecule has 0 aliphatic rings. The Kier molecular flexibility index (Phi) is 1.98. The van der Waals surface area contributed by atoms with Gasteiger partial charge in [0, 0.05) is 6.54 Å². The lowest BCUT2D eigenvalue weighted by atomic mass is 10.3. The van der Waals surface area contributed by atoms with Gasteiger partial charge in [0.2, 0.25) is 0 Å². The standard InChI is InChI=1S/C9H9FN2O/c10-7-1-2-8-9(5-7)12(3-4-13)6-11-8/h1-2,5-6,13H,3-4H2. The van der Waals surface area contributed by atoms with Crippen molar-refractivity contribution < 1.29 is 9.50 Å². The molecule has 3 nitrogen and oxygen atoms in total. The molecule has 0 aliphatic carbocycles. The maximum absolute atomic E-state index is 12.8. The molecule has 2 aromatic rings. The van der Waals surface area contributed by atoms with Crippen LogP contribution in [0.2, 0.25) is 0 Å². The van der Waals surface area contributed by atoms with E-state index in [4.69, 9.17) is 5.11 Å². The number of benzene rings is 1. The monoisotopic (exact) mass is 180 g/mol. The lowest BCUT2D eigenvalue weighted by Crippen LogP contribution is -1.99. The van der Waals surface area contributed by atoms with Crippen molar-refractivity contribution in [3.63, 3.8) is 0 Å². The van der Waals surface area contributed by atoms with Crippen molar-refractivity contribution in [2.75, 3.05) is 6.61 Å². The zero-order chi connectivity index (χ0) is 9.26. The van der Waals surface area contributed by atoms with Gasteiger partial charge in [-0.05, 0) is 18.2 Å². The van der Waals surface area contributed by atoms with Crippen molar-refractivity contribution >= 4 is 11.0 Å². The second-order valence-electron chi connectivity index (χ2n) is 2.79. The van der Waals surface area contributed by atoms with Crippen LogP contribution in [0, 0.1) is 5.82 Å². The van der Waals surface area contributed by atoms with Crippen LogP contribution in [0.4, 0.5) is 4.39 Å². The fourth-order valence-electron chi connectivity index (χ4n) is 1.32. The summed E-state index contributed by atoms with van der Waals surface area (Å²) in [4.78, 5) is 4.06. The Balaban J connectivity index is 2.58. The molecule has 2 rings (SSSR count). The number of rotatable bonds is 2. The zero-order valence-corrected chi connectivity index (χ0v) is 6.94. The first-order valence-corrected chi connectivity index (χ1v) is 4.02. The fraction of sp³-hybridized carbons (Fsp3) is 0.222. The molecule has 0 bridgehead atoms. The van der Waals surface area contributed by atoms with E-state index in [0.29, 0.717) is 12.1 Å². The van der Waals surface area contributed by atoms with E-state index in [-0.39, 0.29) is 12.4 Å². The van der Waals surface area contributed by atoms with E-state index >= 15 is 0 Å². The second-order valence-corrected chi connectivity index (χ2v) is 2.79. The predicted octanol–water partition coefficient (Wildman–Crippen LogP) is 1.17. The molecule has 0 fully saturated rings. The number of aliphatic hydroxyl groups is 1. The van der Waals surface area contributed by atoms with E-state index < -0.39 is 0 Å². The highest BCUT2D eigenvalue weighted by Gasteiger charge is 2.02. The summed E-state index contributed by atoms with van der Waals surface area (Å²) in [6.45, 7) is 0.474. The molecule has 0 saturated heterocycles. The van der Waals surface area contributed by atoms with Crippen molar-refractivity contribution in [1.29, 1.82) is 0 Å². The first-order chi connectivity index (χ1) is 6.31. The smallest absolute Gasteiger partial charge is 0.125 e. The molecule has 0 amide bonds. The van der Waals surface area contributed by atoms with Gasteiger partial charge in [-0.3, -0.25) is 0 Å². The molecule has 4 heteroatoms. The van der Waals surface area contributed by atoms with Crippen LogP contribution in [0.1, 0.15) is 0 Å². The molecule has 1 aromatic carbocycles. The number of aromatic nitrogens is 2. The highest BCUT2D eigenvalue weighted by molar-refractivity contribution is 5.75. The summed E-state index contributed by atoms with van der Waals surface area (Å²) in [5.41, 5.74) is 1.46. The molecule has 1 N–H and O–H groups in total. The maximum Gasteiger partial charge on any atom is 0.125 e. The molecule has 0 aliphatic heterocycles. The SMILES string of the molecule is OCCn1cnc2ccc(F)cc21. The fourth-order valence-corrected chi connectivity index (χ4v) is 1.32. The second kappa shape index (κ2) is 3.14. The van der Waals surface area contributed by atoms with E-state index in [1.807, 2.05) is 0 Å². The van der Waals surface area contributed by atoms with Crippen LogP contribution in [-0.2, 0) is 6.54 Å². The Morgan fingerprint density at radius 1 is 1.46 bits per heavy atom. The highest BCUT2D eigenvalue weighted by Crippen LogP contribution is 2.13. The first-order valence-electron chi connectivity index (χ1n) is 4.02. The molecule has 68 valence electrons. The van der Waals surface area contributed by atoms with Gasteiger partial charge in [0.05, 0.1) is 24.0 Å². The Hall–Kier alpha value is -1.42. The van der Waals surface area contributed by atoms with Crippen molar-refractivity contribution in [2.24, 2.45) is 0 Å². The van der Waals surface area contributed by atoms with Gasteiger partial charge in [0.1, 0.15) is 5.82 Å². The first kappa shape index (κ1) is 8.19. The van der Waals surface area contributed by atoms with Crippen LogP contribution in [0.3, 0.4) is 0 Å². The van der Waals surface area contributed by atoms with Crippen LogP contribution in [0.25, 0.3) is 11.0 Å². The average molecular weight is 180 g/mol. The van der Waals surface area contributed by atoms with Gasteiger partial charge in [-0.1, -0.05) is 0 Å². The van der Waals surface area contributed by atoms with Gasteiger partial charge in [-0.2, -0.15) is 0 Å². The number of halogens is 1. The zero-order valence-electron chi connectivity index (χ0n) is 6.94. The van der Waals surface area contributed by atoms with E-state index in [1.54, 1.807) is 17.0 Å². The summed E-state index contributed by atoms with van der Waals surface area (Å²) in [5, 5.41) is 8.72. The third kappa shape index (κ3) is 1.40. The third-order valence-electron chi connectivity index (χ3n) is 1.92. The lowest BCUT2D eigenvalue weighted by Gasteiger charge is -1.99. The Labute approximate surface area is 74.4 Å². The van der Waals surface area contributed by atoms with E-state index in [2.05, 4.69) is 4.98 Å². The molecule has 0 saturated carbocycles. The molecule has 1 heterocycles. The number of hydrogen-bond donors (Lipinski definition) is 1. The number of nitrogens with zero attached hydrogens (tertiary/aromatic N) is 2. The topological polar surface area (TPSA) is 38.0 Å². The number of hydrogen-bond acceptors (Lipinski definition) is 2. The van der Waals surface area contributed by atoms with E-state index in [1.165, 1.54) is 12.1 Å². The minimum Gasteiger partial charge on any atom is -0.395 e. The van der Waals surface area contributed by atoms with Crippen LogP contribution in [-0.4, -0.2) is 21.3 Å². The Bertz CT molecular complexity index is 424. The molecule has 13 heavy (non-hydrogen) atoms. The Morgan fingerprint density at radius 2 is 2.31 bits per heavy atom. The van der Waals surface area contributed by atoms with Crippen LogP contribution >= 0.6 is 0 Å². The highest BCUT2D eigenvalue weighted by atomic mass is 19.1. The summed E-state index contributed by atoms with van der Waals surface area (Å²) >= 11 is 0. The predicted molar refractivity (Wildman–Crippen MR) is 46.8 cm³/mol. The molecular formula is C9H9FN2O. The van der Waals surface area contributed by atoms with Crippen molar-refractivity contribution in [2.45, 2.75) is 6.54 Å². The summed E-state index contributed by atoms with van der Waals surface area (Å²) in [7, 11) is 0. The van der Waals surface area contributed by atoms with Crippen molar-refractivity contribution in [3.8, 4) is 0 Å². The average Bonchev–Trinajstić information content (AvgIpc) is 2.49. The van der Waals surface area contributed by atoms with Gasteiger partial charge < -0.3 is 9.67 Å². The number of fused-ring (bicyclic) bond motifs is 1. The summed E-state index contributed by atoms with van der Waals surface area (Å²) in [6, 6.07) is 4.41. The minimum atomic E-state index is -0.285. The van der Waals surface area contributed by atoms with E-state index in [9.17, 15) is 4.39 Å². The molecule has 1 aromatic heterocycles. The molecule has 0 spiro atoms. The largest absolute Gasteiger partial charge is 0.395 e. The summed E-state index contributed by atoms with van der Waals surface area (Å²) in [5.74, 6) is -0.285. The van der Waals surface area contributed by atoms with Crippen molar-refractivity contribution in [3.05, 3.63) is 30.3 Å². The lowest BCUT2D eigenvalue weighted by molar-refractivity contribution is 0.278. The summed E-state index contributed by atoms with van der Waals surface area (Å²) in [6.07, 6.45) is 1.60. The van der Waals surface area contributed by atoms with Crippen LogP contribution < -0.4 is 0 Å². The number of aliphatic hydroxyl groups excluding tert-OH is 1. The maximum atomic E-state index is 12.8. The third-order valence-corrected chi connectivity index (χ3v) is 1.92. The summed E-state index contributed by atoms with van der Waals surface area (Å²) < 4.78 is 14.6. The number of imidazole rings is 1. The van der Waals surface area contributed by atoms with Gasteiger partial charge in [-0.25, -0.2) is 9.37 Å². The van der Waals surface area contributed by atoms with Gasteiger partial charge in [0.15, 0.2) is 0 Å². The van der Waals surface area contributed by atoms with E-state index in [0.717, 1.165) is 5.52 Å². The molecule has 0 radical (unpaired) electrons. The quantitative estimate of drug-likeness (QED) is 0.753. The van der Waals surface area contributed by atoms with Gasteiger partial charge >= 0.3 is 0 Å². The molecular weight excluding hydrogens is 171 g/mol.